The van der Waals surface area contributed by atoms with Crippen molar-refractivity contribution >= 4 is 5.78 Å². The van der Waals surface area contributed by atoms with E-state index in [4.69, 9.17) is 4.74 Å². The van der Waals surface area contributed by atoms with E-state index in [1.165, 1.54) is 16.7 Å². The number of carbonyl (C=O) groups excluding carboxylic acids is 1. The Morgan fingerprint density at radius 1 is 1.00 bits per heavy atom. The SMILES string of the molecule is O=C(c1cccc2c1OCC2)C1CCc2ccccc21. The number of ketones is 1. The van der Waals surface area contributed by atoms with Crippen LogP contribution in [0.15, 0.2) is 42.5 Å². The monoisotopic (exact) mass is 264 g/mol. The van der Waals surface area contributed by atoms with Gasteiger partial charge >= 0.3 is 0 Å². The first-order valence-corrected chi connectivity index (χ1v) is 7.21. The van der Waals surface area contributed by atoms with Gasteiger partial charge in [-0.15, -0.1) is 0 Å². The molecule has 0 N–H and O–H groups in total. The second kappa shape index (κ2) is 4.48. The van der Waals surface area contributed by atoms with Crippen molar-refractivity contribution in [2.45, 2.75) is 25.2 Å². The number of hydrogen-bond acceptors (Lipinski definition) is 2. The summed E-state index contributed by atoms with van der Waals surface area (Å²) in [4.78, 5) is 12.9. The predicted octanol–water partition coefficient (Wildman–Crippen LogP) is 3.53. The summed E-state index contributed by atoms with van der Waals surface area (Å²) in [6.07, 6.45) is 2.84. The Labute approximate surface area is 118 Å². The van der Waals surface area contributed by atoms with E-state index in [1.807, 2.05) is 18.2 Å². The van der Waals surface area contributed by atoms with Gasteiger partial charge in [-0.05, 0) is 35.6 Å². The van der Waals surface area contributed by atoms with Crippen molar-refractivity contribution in [3.05, 3.63) is 64.7 Å². The first-order chi connectivity index (χ1) is 9.84. The van der Waals surface area contributed by atoms with E-state index < -0.39 is 0 Å². The zero-order valence-corrected chi connectivity index (χ0v) is 11.3. The number of aryl methyl sites for hydroxylation is 1. The van der Waals surface area contributed by atoms with Crippen LogP contribution in [-0.4, -0.2) is 12.4 Å². The van der Waals surface area contributed by atoms with Crippen molar-refractivity contribution in [3.63, 3.8) is 0 Å². The molecule has 0 saturated heterocycles. The highest BCUT2D eigenvalue weighted by atomic mass is 16.5. The lowest BCUT2D eigenvalue weighted by Gasteiger charge is -2.13. The molecule has 2 aliphatic rings. The van der Waals surface area contributed by atoms with Crippen molar-refractivity contribution in [3.8, 4) is 5.75 Å². The van der Waals surface area contributed by atoms with E-state index in [0.717, 1.165) is 30.6 Å². The molecular formula is C18H16O2. The van der Waals surface area contributed by atoms with Gasteiger partial charge in [-0.3, -0.25) is 4.79 Å². The fourth-order valence-corrected chi connectivity index (χ4v) is 3.43. The van der Waals surface area contributed by atoms with E-state index in [9.17, 15) is 4.79 Å². The molecule has 1 aliphatic heterocycles. The van der Waals surface area contributed by atoms with E-state index in [2.05, 4.69) is 24.3 Å². The molecule has 1 unspecified atom stereocenters. The molecule has 0 aromatic heterocycles. The summed E-state index contributed by atoms with van der Waals surface area (Å²) in [5.41, 5.74) is 4.45. The summed E-state index contributed by atoms with van der Waals surface area (Å²) in [7, 11) is 0. The number of para-hydroxylation sites is 1. The molecule has 2 nitrogen and oxygen atoms in total. The fraction of sp³-hybridized carbons (Fsp3) is 0.278. The Hall–Kier alpha value is -2.09. The highest BCUT2D eigenvalue weighted by Crippen LogP contribution is 2.38. The van der Waals surface area contributed by atoms with Crippen molar-refractivity contribution in [1.82, 2.24) is 0 Å². The number of benzene rings is 2. The summed E-state index contributed by atoms with van der Waals surface area (Å²) < 4.78 is 5.68. The van der Waals surface area contributed by atoms with Crippen LogP contribution in [-0.2, 0) is 12.8 Å². The third-order valence-corrected chi connectivity index (χ3v) is 4.43. The van der Waals surface area contributed by atoms with E-state index in [1.54, 1.807) is 0 Å². The molecule has 20 heavy (non-hydrogen) atoms. The first kappa shape index (κ1) is 11.7. The standard InChI is InChI=1S/C18H16O2/c19-17(15-9-8-12-4-1-2-6-14(12)15)16-7-3-5-13-10-11-20-18(13)16/h1-7,15H,8-11H2. The highest BCUT2D eigenvalue weighted by molar-refractivity contribution is 6.04. The molecule has 0 saturated carbocycles. The molecule has 100 valence electrons. The van der Waals surface area contributed by atoms with Crippen LogP contribution in [0.2, 0.25) is 0 Å². The molecule has 0 radical (unpaired) electrons. The average molecular weight is 264 g/mol. The summed E-state index contributed by atoms with van der Waals surface area (Å²) in [6, 6.07) is 14.2. The van der Waals surface area contributed by atoms with Gasteiger partial charge in [0, 0.05) is 12.3 Å². The number of fused-ring (bicyclic) bond motifs is 2. The Balaban J connectivity index is 1.75. The maximum atomic E-state index is 12.9. The normalized spacial score (nSPS) is 19.3. The van der Waals surface area contributed by atoms with Crippen LogP contribution in [0.4, 0.5) is 0 Å². The first-order valence-electron chi connectivity index (χ1n) is 7.21. The maximum Gasteiger partial charge on any atom is 0.174 e. The number of rotatable bonds is 2. The molecule has 0 amide bonds. The highest BCUT2D eigenvalue weighted by Gasteiger charge is 2.31. The number of ether oxygens (including phenoxy) is 1. The lowest BCUT2D eigenvalue weighted by Crippen LogP contribution is -2.11. The summed E-state index contributed by atoms with van der Waals surface area (Å²) in [6.45, 7) is 0.695. The van der Waals surface area contributed by atoms with Crippen LogP contribution in [0.3, 0.4) is 0 Å². The van der Waals surface area contributed by atoms with E-state index in [0.29, 0.717) is 6.61 Å². The lowest BCUT2D eigenvalue weighted by atomic mass is 9.91. The molecule has 1 atom stereocenters. The second-order valence-electron chi connectivity index (χ2n) is 5.55. The lowest BCUT2D eigenvalue weighted by molar-refractivity contribution is 0.0956. The van der Waals surface area contributed by atoms with Crippen molar-refractivity contribution in [1.29, 1.82) is 0 Å². The third-order valence-electron chi connectivity index (χ3n) is 4.43. The van der Waals surface area contributed by atoms with E-state index in [-0.39, 0.29) is 11.7 Å². The van der Waals surface area contributed by atoms with Crippen LogP contribution >= 0.6 is 0 Å². The molecule has 1 aliphatic carbocycles. The van der Waals surface area contributed by atoms with Crippen LogP contribution in [0.1, 0.15) is 39.4 Å². The quantitative estimate of drug-likeness (QED) is 0.776. The molecular weight excluding hydrogens is 248 g/mol. The van der Waals surface area contributed by atoms with Gasteiger partial charge in [-0.1, -0.05) is 36.4 Å². The molecule has 0 spiro atoms. The van der Waals surface area contributed by atoms with Crippen LogP contribution in [0.25, 0.3) is 0 Å². The van der Waals surface area contributed by atoms with Crippen molar-refractivity contribution < 1.29 is 9.53 Å². The molecule has 0 bridgehead atoms. The van der Waals surface area contributed by atoms with Gasteiger partial charge in [0.1, 0.15) is 5.75 Å². The van der Waals surface area contributed by atoms with Crippen LogP contribution in [0.5, 0.6) is 5.75 Å². The second-order valence-corrected chi connectivity index (χ2v) is 5.55. The van der Waals surface area contributed by atoms with E-state index >= 15 is 0 Å². The van der Waals surface area contributed by atoms with Gasteiger partial charge in [0.2, 0.25) is 0 Å². The average Bonchev–Trinajstić information content (AvgIpc) is 3.12. The zero-order valence-electron chi connectivity index (χ0n) is 11.3. The zero-order chi connectivity index (χ0) is 13.5. The maximum absolute atomic E-state index is 12.9. The van der Waals surface area contributed by atoms with Gasteiger partial charge in [-0.25, -0.2) is 0 Å². The number of Topliss-reactive ketones (excluding diaryl/α,β-unsaturated/α-hetero) is 1. The number of carbonyl (C=O) groups is 1. The third kappa shape index (κ3) is 1.68. The molecule has 2 aromatic rings. The fourth-order valence-electron chi connectivity index (χ4n) is 3.43. The summed E-state index contributed by atoms with van der Waals surface area (Å²) >= 11 is 0. The van der Waals surface area contributed by atoms with Crippen LogP contribution < -0.4 is 4.74 Å². The largest absolute Gasteiger partial charge is 0.492 e. The Morgan fingerprint density at radius 3 is 2.80 bits per heavy atom. The minimum absolute atomic E-state index is 0.00176. The smallest absolute Gasteiger partial charge is 0.174 e. The van der Waals surface area contributed by atoms with Gasteiger partial charge in [-0.2, -0.15) is 0 Å². The van der Waals surface area contributed by atoms with Gasteiger partial charge in [0.15, 0.2) is 5.78 Å². The minimum Gasteiger partial charge on any atom is -0.492 e. The Morgan fingerprint density at radius 2 is 1.85 bits per heavy atom. The minimum atomic E-state index is 0.00176. The molecule has 1 heterocycles. The Bertz CT molecular complexity index is 688. The Kier molecular flexibility index (Phi) is 2.62. The van der Waals surface area contributed by atoms with Gasteiger partial charge in [0.05, 0.1) is 12.2 Å². The molecule has 2 aromatic carbocycles. The van der Waals surface area contributed by atoms with Crippen molar-refractivity contribution in [2.24, 2.45) is 0 Å². The molecule has 2 heteroatoms. The summed E-state index contributed by atoms with van der Waals surface area (Å²) in [5.74, 6) is 1.04. The molecule has 0 fully saturated rings. The summed E-state index contributed by atoms with van der Waals surface area (Å²) in [5, 5.41) is 0. The van der Waals surface area contributed by atoms with Crippen molar-refractivity contribution in [2.75, 3.05) is 6.61 Å². The molecule has 4 rings (SSSR count). The topological polar surface area (TPSA) is 26.3 Å². The van der Waals surface area contributed by atoms with Gasteiger partial charge in [0.25, 0.3) is 0 Å². The van der Waals surface area contributed by atoms with Gasteiger partial charge < -0.3 is 4.74 Å². The van der Waals surface area contributed by atoms with Crippen LogP contribution in [0, 0.1) is 0 Å². The predicted molar refractivity (Wildman–Crippen MR) is 77.5 cm³/mol. The number of hydrogen-bond donors (Lipinski definition) is 0.